The second kappa shape index (κ2) is 8.69. The standard InChI is InChI=1S/C18H17FN2O5.Na/c1-2-26-18(25)14-12-7-8-21(9-10-3-5-11(19)6-4-10)17(24)13(12)15(22)16(23)20-14;/h3-6,22H,2,7-9H2,1H3,(H,20,23);/q;+1/p-1. The van der Waals surface area contributed by atoms with E-state index in [1.54, 1.807) is 6.92 Å². The summed E-state index contributed by atoms with van der Waals surface area (Å²) in [6, 6.07) is 5.64. The summed E-state index contributed by atoms with van der Waals surface area (Å²) >= 11 is 0. The molecule has 0 spiro atoms. The average Bonchev–Trinajstić information content (AvgIpc) is 2.62. The first kappa shape index (κ1) is 21.1. The normalized spacial score (nSPS) is 13.0. The van der Waals surface area contributed by atoms with E-state index in [1.165, 1.54) is 29.2 Å². The minimum Gasteiger partial charge on any atom is -0.868 e. The van der Waals surface area contributed by atoms with Gasteiger partial charge in [-0.3, -0.25) is 9.59 Å². The van der Waals surface area contributed by atoms with Gasteiger partial charge in [-0.15, -0.1) is 0 Å². The smallest absolute Gasteiger partial charge is 0.868 e. The van der Waals surface area contributed by atoms with E-state index >= 15 is 0 Å². The summed E-state index contributed by atoms with van der Waals surface area (Å²) in [5, 5.41) is 12.2. The van der Waals surface area contributed by atoms with Gasteiger partial charge in [0.15, 0.2) is 0 Å². The molecule has 0 unspecified atom stereocenters. The minimum absolute atomic E-state index is 0. The zero-order valence-corrected chi connectivity index (χ0v) is 17.0. The number of benzene rings is 1. The Morgan fingerprint density at radius 1 is 1.30 bits per heavy atom. The van der Waals surface area contributed by atoms with Gasteiger partial charge in [0.05, 0.1) is 6.61 Å². The third kappa shape index (κ3) is 4.23. The van der Waals surface area contributed by atoms with Crippen LogP contribution in [0.3, 0.4) is 0 Å². The van der Waals surface area contributed by atoms with Crippen LogP contribution in [0.25, 0.3) is 0 Å². The molecule has 1 aromatic heterocycles. The average molecular weight is 382 g/mol. The summed E-state index contributed by atoms with van der Waals surface area (Å²) in [5.74, 6) is -2.77. The molecule has 0 bridgehead atoms. The van der Waals surface area contributed by atoms with E-state index < -0.39 is 29.0 Å². The van der Waals surface area contributed by atoms with Gasteiger partial charge in [-0.2, -0.15) is 0 Å². The van der Waals surface area contributed by atoms with E-state index in [4.69, 9.17) is 4.74 Å². The fraction of sp³-hybridized carbons (Fsp3) is 0.278. The first-order valence-electron chi connectivity index (χ1n) is 8.09. The van der Waals surface area contributed by atoms with E-state index in [9.17, 15) is 23.9 Å². The third-order valence-corrected chi connectivity index (χ3v) is 4.17. The van der Waals surface area contributed by atoms with Crippen LogP contribution in [-0.4, -0.2) is 34.9 Å². The number of rotatable bonds is 4. The van der Waals surface area contributed by atoms with Crippen LogP contribution in [-0.2, 0) is 17.7 Å². The molecule has 1 N–H and O–H groups in total. The number of nitrogens with zero attached hydrogens (tertiary/aromatic N) is 1. The first-order valence-corrected chi connectivity index (χ1v) is 8.09. The number of ether oxygens (including phenoxy) is 1. The quantitative estimate of drug-likeness (QED) is 0.485. The van der Waals surface area contributed by atoms with Crippen molar-refractivity contribution in [3.63, 3.8) is 0 Å². The number of nitrogens with one attached hydrogen (secondary N) is 1. The number of carbonyl (C=O) groups is 2. The van der Waals surface area contributed by atoms with Gasteiger partial charge in [-0.1, -0.05) is 12.1 Å². The van der Waals surface area contributed by atoms with Crippen molar-refractivity contribution in [1.29, 1.82) is 0 Å². The van der Waals surface area contributed by atoms with Gasteiger partial charge in [-0.05, 0) is 42.4 Å². The molecule has 7 nitrogen and oxygen atoms in total. The number of aromatic nitrogens is 1. The Morgan fingerprint density at radius 3 is 2.59 bits per heavy atom. The van der Waals surface area contributed by atoms with Gasteiger partial charge in [0.2, 0.25) is 5.56 Å². The molecule has 1 aliphatic rings. The summed E-state index contributed by atoms with van der Waals surface area (Å²) in [6.45, 7) is 2.13. The van der Waals surface area contributed by atoms with E-state index in [1.807, 2.05) is 0 Å². The molecule has 27 heavy (non-hydrogen) atoms. The van der Waals surface area contributed by atoms with Crippen LogP contribution in [0.2, 0.25) is 0 Å². The molecular weight excluding hydrogens is 366 g/mol. The number of pyridine rings is 1. The Balaban J connectivity index is 0.00000261. The number of halogens is 1. The van der Waals surface area contributed by atoms with Gasteiger partial charge in [0.25, 0.3) is 5.91 Å². The molecule has 1 amide bonds. The van der Waals surface area contributed by atoms with E-state index in [2.05, 4.69) is 4.98 Å². The molecule has 2 heterocycles. The number of aromatic amines is 1. The summed E-state index contributed by atoms with van der Waals surface area (Å²) in [4.78, 5) is 40.3. The summed E-state index contributed by atoms with van der Waals surface area (Å²) in [6.07, 6.45) is 0.225. The number of hydrogen-bond donors (Lipinski definition) is 1. The van der Waals surface area contributed by atoms with Crippen molar-refractivity contribution in [2.45, 2.75) is 19.9 Å². The van der Waals surface area contributed by atoms with E-state index in [-0.39, 0.29) is 72.5 Å². The fourth-order valence-corrected chi connectivity index (χ4v) is 2.94. The van der Waals surface area contributed by atoms with Crippen LogP contribution in [0, 0.1) is 5.82 Å². The number of hydrogen-bond acceptors (Lipinski definition) is 5. The summed E-state index contributed by atoms with van der Waals surface area (Å²) in [5.41, 5.74) is -0.602. The second-order valence-electron chi connectivity index (χ2n) is 5.84. The SMILES string of the molecule is CCOC(=O)c1[nH]c(=O)c([O-])c2c1CCN(Cc1ccc(F)cc1)C2=O.[Na+]. The van der Waals surface area contributed by atoms with Crippen molar-refractivity contribution in [1.82, 2.24) is 9.88 Å². The largest absolute Gasteiger partial charge is 1.00 e. The topological polar surface area (TPSA) is 103 Å². The van der Waals surface area contributed by atoms with Crippen LogP contribution in [0.15, 0.2) is 29.1 Å². The van der Waals surface area contributed by atoms with Crippen LogP contribution in [0.4, 0.5) is 4.39 Å². The van der Waals surface area contributed by atoms with Crippen molar-refractivity contribution in [3.05, 3.63) is 62.8 Å². The third-order valence-electron chi connectivity index (χ3n) is 4.17. The van der Waals surface area contributed by atoms with Gasteiger partial charge < -0.3 is 19.7 Å². The maximum Gasteiger partial charge on any atom is 1.00 e. The van der Waals surface area contributed by atoms with E-state index in [0.29, 0.717) is 5.56 Å². The molecule has 0 radical (unpaired) electrons. The Morgan fingerprint density at radius 2 is 1.96 bits per heavy atom. The summed E-state index contributed by atoms with van der Waals surface area (Å²) in [7, 11) is 0. The number of esters is 1. The van der Waals surface area contributed by atoms with Crippen molar-refractivity contribution in [3.8, 4) is 5.75 Å². The number of H-pyrrole nitrogens is 1. The maximum absolute atomic E-state index is 13.0. The second-order valence-corrected chi connectivity index (χ2v) is 5.84. The Labute approximate surface area is 176 Å². The molecule has 0 aliphatic carbocycles. The molecule has 0 atom stereocenters. The fourth-order valence-electron chi connectivity index (χ4n) is 2.94. The predicted octanol–water partition coefficient (Wildman–Crippen LogP) is -2.03. The van der Waals surface area contributed by atoms with Gasteiger partial charge in [0, 0.05) is 18.7 Å². The molecule has 1 aromatic carbocycles. The van der Waals surface area contributed by atoms with Crippen LogP contribution < -0.4 is 40.2 Å². The molecule has 1 aliphatic heterocycles. The zero-order chi connectivity index (χ0) is 18.8. The molecule has 0 saturated heterocycles. The molecular formula is C18H16FN2NaO5. The maximum atomic E-state index is 13.0. The van der Waals surface area contributed by atoms with Crippen molar-refractivity contribution in [2.24, 2.45) is 0 Å². The molecule has 2 aromatic rings. The zero-order valence-electron chi connectivity index (χ0n) is 15.0. The van der Waals surface area contributed by atoms with Crippen LogP contribution >= 0.6 is 0 Å². The van der Waals surface area contributed by atoms with Gasteiger partial charge >= 0.3 is 35.5 Å². The number of amides is 1. The monoisotopic (exact) mass is 382 g/mol. The predicted molar refractivity (Wildman–Crippen MR) is 87.3 cm³/mol. The van der Waals surface area contributed by atoms with Crippen molar-refractivity contribution < 1.29 is 53.4 Å². The van der Waals surface area contributed by atoms with Gasteiger partial charge in [-0.25, -0.2) is 9.18 Å². The molecule has 0 fully saturated rings. The molecule has 0 saturated carbocycles. The van der Waals surface area contributed by atoms with Crippen molar-refractivity contribution >= 4 is 11.9 Å². The van der Waals surface area contributed by atoms with Crippen LogP contribution in [0.1, 0.15) is 38.9 Å². The minimum atomic E-state index is -1.04. The Kier molecular flexibility index (Phi) is 6.80. The molecule has 136 valence electrons. The molecule has 9 heteroatoms. The molecule has 3 rings (SSSR count). The summed E-state index contributed by atoms with van der Waals surface area (Å²) < 4.78 is 17.9. The van der Waals surface area contributed by atoms with Crippen LogP contribution in [0.5, 0.6) is 5.75 Å². The van der Waals surface area contributed by atoms with Gasteiger partial charge in [0.1, 0.15) is 11.5 Å². The van der Waals surface area contributed by atoms with Crippen molar-refractivity contribution in [2.75, 3.05) is 13.2 Å². The van der Waals surface area contributed by atoms with E-state index in [0.717, 1.165) is 0 Å². The Bertz CT molecular complexity index is 927. The Hall–Kier alpha value is -2.16. The number of fused-ring (bicyclic) bond motifs is 1. The number of carbonyl (C=O) groups excluding carboxylic acids is 2. The first-order chi connectivity index (χ1) is 12.4.